The summed E-state index contributed by atoms with van der Waals surface area (Å²) in [5, 5.41) is 5.90. The Labute approximate surface area is 189 Å². The number of ether oxygens (including phenoxy) is 2. The third kappa shape index (κ3) is 3.95. The van der Waals surface area contributed by atoms with Crippen LogP contribution >= 0.6 is 12.2 Å². The van der Waals surface area contributed by atoms with E-state index in [1.54, 1.807) is 30.3 Å². The van der Waals surface area contributed by atoms with Crippen LogP contribution in [0.2, 0.25) is 0 Å². The number of hydrogen-bond donors (Lipinski definition) is 2. The van der Waals surface area contributed by atoms with E-state index in [1.165, 1.54) is 17.0 Å². The lowest BCUT2D eigenvalue weighted by Gasteiger charge is -2.56. The topological polar surface area (TPSA) is 66.1 Å². The fourth-order valence-electron chi connectivity index (χ4n) is 4.20. The van der Waals surface area contributed by atoms with E-state index in [9.17, 15) is 13.6 Å². The maximum absolute atomic E-state index is 14.7. The van der Waals surface area contributed by atoms with Gasteiger partial charge in [0, 0.05) is 13.1 Å². The van der Waals surface area contributed by atoms with Gasteiger partial charge in [-0.3, -0.25) is 4.90 Å². The summed E-state index contributed by atoms with van der Waals surface area (Å²) in [6.45, 7) is 3.51. The number of benzene rings is 2. The first-order chi connectivity index (χ1) is 15.4. The molecule has 10 heteroatoms. The predicted octanol–water partition coefficient (Wildman–Crippen LogP) is 3.11. The van der Waals surface area contributed by atoms with Crippen LogP contribution in [0.4, 0.5) is 30.6 Å². The fraction of sp³-hybridized carbons (Fsp3) is 0.364. The molecule has 168 valence electrons. The SMILES string of the molecule is O=C1O[C@@H](CNC(=S)Nc2ccccc2F)CN1c1ccc(N2CC3(COC3)C2)c(F)c1. The molecule has 1 spiro atoms. The van der Waals surface area contributed by atoms with Gasteiger partial charge < -0.3 is 25.0 Å². The molecule has 0 radical (unpaired) electrons. The lowest BCUT2D eigenvalue weighted by atomic mass is 9.78. The average Bonchev–Trinajstić information content (AvgIpc) is 3.08. The molecular formula is C22H22F2N4O3S. The molecule has 3 aliphatic heterocycles. The van der Waals surface area contributed by atoms with Crippen molar-refractivity contribution >= 4 is 40.5 Å². The minimum Gasteiger partial charge on any atom is -0.442 e. The van der Waals surface area contributed by atoms with Crippen molar-refractivity contribution in [1.29, 1.82) is 0 Å². The van der Waals surface area contributed by atoms with Crippen molar-refractivity contribution in [1.82, 2.24) is 5.32 Å². The molecule has 3 saturated heterocycles. The van der Waals surface area contributed by atoms with E-state index in [-0.39, 0.29) is 35.1 Å². The van der Waals surface area contributed by atoms with Crippen LogP contribution in [0.3, 0.4) is 0 Å². The van der Waals surface area contributed by atoms with Gasteiger partial charge in [-0.2, -0.15) is 0 Å². The van der Waals surface area contributed by atoms with Gasteiger partial charge in [-0.05, 0) is 42.5 Å². The molecule has 3 fully saturated rings. The highest BCUT2D eigenvalue weighted by Gasteiger charge is 2.49. The molecule has 0 bridgehead atoms. The Morgan fingerprint density at radius 2 is 1.94 bits per heavy atom. The number of amides is 1. The molecule has 0 unspecified atom stereocenters. The Bertz CT molecular complexity index is 1060. The van der Waals surface area contributed by atoms with Crippen molar-refractivity contribution in [2.24, 2.45) is 5.41 Å². The zero-order valence-electron chi connectivity index (χ0n) is 17.1. The molecule has 3 aliphatic rings. The molecule has 32 heavy (non-hydrogen) atoms. The van der Waals surface area contributed by atoms with Gasteiger partial charge in [-0.25, -0.2) is 13.6 Å². The first-order valence-corrected chi connectivity index (χ1v) is 10.7. The minimum atomic E-state index is -0.550. The molecule has 7 nitrogen and oxygen atoms in total. The lowest BCUT2D eigenvalue weighted by Crippen LogP contribution is -2.66. The van der Waals surface area contributed by atoms with Gasteiger partial charge in [0.2, 0.25) is 0 Å². The fourth-order valence-corrected chi connectivity index (χ4v) is 4.39. The standard InChI is InChI=1S/C22H22F2N4O3S/c23-16-3-1-2-4-18(16)26-20(32)25-8-15-9-28(21(29)31-15)14-5-6-19(17(24)7-14)27-10-22(11-27)12-30-13-22/h1-7,15H,8-13H2,(H2,25,26,32)/t15-/m0/s1. The second-order valence-electron chi connectivity index (χ2n) is 8.42. The Kier molecular flexibility index (Phi) is 5.34. The number of nitrogens with zero attached hydrogens (tertiary/aromatic N) is 2. The summed E-state index contributed by atoms with van der Waals surface area (Å²) in [4.78, 5) is 15.7. The summed E-state index contributed by atoms with van der Waals surface area (Å²) in [5.41, 5.74) is 1.41. The molecule has 5 rings (SSSR count). The van der Waals surface area contributed by atoms with Gasteiger partial charge in [0.25, 0.3) is 0 Å². The van der Waals surface area contributed by atoms with E-state index >= 15 is 0 Å². The van der Waals surface area contributed by atoms with Crippen LogP contribution in [-0.2, 0) is 9.47 Å². The molecule has 0 aromatic heterocycles. The summed E-state index contributed by atoms with van der Waals surface area (Å²) in [6, 6.07) is 11.0. The second kappa shape index (κ2) is 8.18. The number of anilines is 3. The maximum Gasteiger partial charge on any atom is 0.414 e. The Morgan fingerprint density at radius 3 is 2.62 bits per heavy atom. The number of rotatable bonds is 5. The van der Waals surface area contributed by atoms with E-state index in [0.29, 0.717) is 11.4 Å². The van der Waals surface area contributed by atoms with Crippen LogP contribution in [0.15, 0.2) is 42.5 Å². The van der Waals surface area contributed by atoms with Crippen molar-refractivity contribution in [3.8, 4) is 0 Å². The van der Waals surface area contributed by atoms with Crippen LogP contribution < -0.4 is 20.4 Å². The molecule has 0 saturated carbocycles. The number of cyclic esters (lactones) is 1. The van der Waals surface area contributed by atoms with E-state index in [2.05, 4.69) is 10.6 Å². The van der Waals surface area contributed by atoms with Crippen LogP contribution in [0, 0.1) is 17.0 Å². The molecule has 0 aliphatic carbocycles. The minimum absolute atomic E-state index is 0.186. The van der Waals surface area contributed by atoms with Gasteiger partial charge in [0.05, 0.1) is 48.8 Å². The Balaban J connectivity index is 1.15. The quantitative estimate of drug-likeness (QED) is 0.665. The summed E-state index contributed by atoms with van der Waals surface area (Å²) in [7, 11) is 0. The van der Waals surface area contributed by atoms with Gasteiger partial charge in [0.1, 0.15) is 17.7 Å². The average molecular weight is 461 g/mol. The number of nitrogens with one attached hydrogen (secondary N) is 2. The van der Waals surface area contributed by atoms with Gasteiger partial charge in [-0.15, -0.1) is 0 Å². The molecule has 3 heterocycles. The Hall–Kier alpha value is -2.98. The molecular weight excluding hydrogens is 438 g/mol. The van der Waals surface area contributed by atoms with E-state index < -0.39 is 18.0 Å². The van der Waals surface area contributed by atoms with Crippen molar-refractivity contribution in [3.05, 3.63) is 54.1 Å². The van der Waals surface area contributed by atoms with Crippen molar-refractivity contribution in [3.63, 3.8) is 0 Å². The van der Waals surface area contributed by atoms with E-state index in [0.717, 1.165) is 26.3 Å². The lowest BCUT2D eigenvalue weighted by molar-refractivity contribution is -0.127. The molecule has 1 atom stereocenters. The number of carbonyl (C=O) groups is 1. The summed E-state index contributed by atoms with van der Waals surface area (Å²) < 4.78 is 39.1. The maximum atomic E-state index is 14.7. The third-order valence-corrected chi connectivity index (χ3v) is 6.19. The van der Waals surface area contributed by atoms with Crippen molar-refractivity contribution < 1.29 is 23.0 Å². The first-order valence-electron chi connectivity index (χ1n) is 10.3. The number of halogens is 2. The number of thiocarbonyl (C=S) groups is 1. The molecule has 2 aromatic carbocycles. The predicted molar refractivity (Wildman–Crippen MR) is 120 cm³/mol. The van der Waals surface area contributed by atoms with Crippen LogP contribution in [0.1, 0.15) is 0 Å². The van der Waals surface area contributed by atoms with Crippen LogP contribution in [0.5, 0.6) is 0 Å². The third-order valence-electron chi connectivity index (χ3n) is 5.94. The van der Waals surface area contributed by atoms with Crippen molar-refractivity contribution in [2.75, 3.05) is 54.5 Å². The monoisotopic (exact) mass is 460 g/mol. The summed E-state index contributed by atoms with van der Waals surface area (Å²) >= 11 is 5.18. The zero-order valence-corrected chi connectivity index (χ0v) is 18.0. The number of hydrogen-bond acceptors (Lipinski definition) is 5. The van der Waals surface area contributed by atoms with Gasteiger partial charge in [-0.1, -0.05) is 12.1 Å². The molecule has 1 amide bonds. The molecule has 2 N–H and O–H groups in total. The largest absolute Gasteiger partial charge is 0.442 e. The van der Waals surface area contributed by atoms with Crippen molar-refractivity contribution in [2.45, 2.75) is 6.10 Å². The van der Waals surface area contributed by atoms with Gasteiger partial charge >= 0.3 is 6.09 Å². The summed E-state index contributed by atoms with van der Waals surface area (Å²) in [5.74, 6) is -0.794. The van der Waals surface area contributed by atoms with Gasteiger partial charge in [0.15, 0.2) is 5.11 Å². The Morgan fingerprint density at radius 1 is 1.16 bits per heavy atom. The first kappa shape index (κ1) is 20.9. The van der Waals surface area contributed by atoms with Crippen LogP contribution in [0.25, 0.3) is 0 Å². The smallest absolute Gasteiger partial charge is 0.414 e. The van der Waals surface area contributed by atoms with E-state index in [4.69, 9.17) is 21.7 Å². The number of para-hydroxylation sites is 1. The summed E-state index contributed by atoms with van der Waals surface area (Å²) in [6.07, 6.45) is -1.04. The highest BCUT2D eigenvalue weighted by molar-refractivity contribution is 7.80. The normalized spacial score (nSPS) is 21.1. The zero-order chi connectivity index (χ0) is 22.3. The highest BCUT2D eigenvalue weighted by Crippen LogP contribution is 2.41. The highest BCUT2D eigenvalue weighted by atomic mass is 32.1. The van der Waals surface area contributed by atoms with Crippen LogP contribution in [-0.4, -0.2) is 56.7 Å². The second-order valence-corrected chi connectivity index (χ2v) is 8.82. The number of carbonyl (C=O) groups excluding carboxylic acids is 1. The molecule has 2 aromatic rings. The van der Waals surface area contributed by atoms with E-state index in [1.807, 2.05) is 4.90 Å².